The van der Waals surface area contributed by atoms with Crippen LogP contribution in [0.5, 0.6) is 0 Å². The molecule has 1 N–H and O–H groups in total. The van der Waals surface area contributed by atoms with Gasteiger partial charge in [0.1, 0.15) is 5.60 Å². The molecular weight excluding hydrogens is 318 g/mol. The number of unbranched alkanes of at least 4 members (excludes halogenated alkanes) is 7. The van der Waals surface area contributed by atoms with Gasteiger partial charge in [-0.3, -0.25) is 9.59 Å². The molecule has 0 aliphatic heterocycles. The van der Waals surface area contributed by atoms with E-state index in [9.17, 15) is 9.59 Å². The number of rotatable bonds is 14. The number of nitrogens with zero attached hydrogens (tertiary/aromatic N) is 1. The molecule has 0 heterocycles. The van der Waals surface area contributed by atoms with Crippen LogP contribution in [-0.2, 0) is 14.3 Å². The second-order valence-electron chi connectivity index (χ2n) is 7.75. The van der Waals surface area contributed by atoms with Crippen molar-refractivity contribution < 1.29 is 19.4 Å². The minimum atomic E-state index is -0.449. The van der Waals surface area contributed by atoms with Crippen LogP contribution in [0.1, 0.15) is 91.9 Å². The van der Waals surface area contributed by atoms with Crippen LogP contribution in [0.25, 0.3) is 0 Å². The van der Waals surface area contributed by atoms with Gasteiger partial charge >= 0.3 is 5.97 Å². The SMILES string of the molecule is CC(=O)N(CCCCCCCCCCO)CCCC(=O)OC(C)(C)C. The van der Waals surface area contributed by atoms with E-state index in [4.69, 9.17) is 9.84 Å². The van der Waals surface area contributed by atoms with Gasteiger partial charge in [-0.15, -0.1) is 0 Å². The van der Waals surface area contributed by atoms with Gasteiger partial charge in [-0.2, -0.15) is 0 Å². The van der Waals surface area contributed by atoms with Crippen molar-refractivity contribution in [2.24, 2.45) is 0 Å². The van der Waals surface area contributed by atoms with Crippen LogP contribution in [-0.4, -0.2) is 47.2 Å². The summed E-state index contributed by atoms with van der Waals surface area (Å²) in [5, 5.41) is 8.72. The summed E-state index contributed by atoms with van der Waals surface area (Å²) in [7, 11) is 0. The Bertz CT molecular complexity index is 363. The Hall–Kier alpha value is -1.10. The molecule has 0 spiro atoms. The van der Waals surface area contributed by atoms with E-state index in [-0.39, 0.29) is 11.9 Å². The van der Waals surface area contributed by atoms with Gasteiger partial charge in [0.25, 0.3) is 0 Å². The maximum absolute atomic E-state index is 11.7. The summed E-state index contributed by atoms with van der Waals surface area (Å²) >= 11 is 0. The lowest BCUT2D eigenvalue weighted by Crippen LogP contribution is -2.31. The third-order valence-corrected chi connectivity index (χ3v) is 4.01. The smallest absolute Gasteiger partial charge is 0.306 e. The monoisotopic (exact) mass is 357 g/mol. The van der Waals surface area contributed by atoms with Crippen molar-refractivity contribution in [1.82, 2.24) is 4.90 Å². The molecule has 0 saturated heterocycles. The van der Waals surface area contributed by atoms with Gasteiger partial charge in [-0.1, -0.05) is 38.5 Å². The molecule has 0 aromatic carbocycles. The summed E-state index contributed by atoms with van der Waals surface area (Å²) in [4.78, 5) is 25.2. The lowest BCUT2D eigenvalue weighted by molar-refractivity contribution is -0.155. The van der Waals surface area contributed by atoms with E-state index in [0.29, 0.717) is 26.0 Å². The zero-order valence-electron chi connectivity index (χ0n) is 16.8. The second kappa shape index (κ2) is 14.1. The van der Waals surface area contributed by atoms with Crippen molar-refractivity contribution in [3.05, 3.63) is 0 Å². The van der Waals surface area contributed by atoms with Crippen LogP contribution in [0.15, 0.2) is 0 Å². The molecule has 0 aromatic heterocycles. The number of amides is 1. The molecule has 0 aliphatic carbocycles. The molecule has 0 aliphatic rings. The molecule has 0 bridgehead atoms. The van der Waals surface area contributed by atoms with Crippen molar-refractivity contribution >= 4 is 11.9 Å². The van der Waals surface area contributed by atoms with Gasteiger partial charge < -0.3 is 14.7 Å². The van der Waals surface area contributed by atoms with Gasteiger partial charge in [0, 0.05) is 33.0 Å². The highest BCUT2D eigenvalue weighted by Crippen LogP contribution is 2.11. The zero-order valence-corrected chi connectivity index (χ0v) is 16.8. The minimum absolute atomic E-state index is 0.0770. The van der Waals surface area contributed by atoms with Crippen LogP contribution < -0.4 is 0 Å². The fourth-order valence-corrected chi connectivity index (χ4v) is 2.71. The van der Waals surface area contributed by atoms with Crippen molar-refractivity contribution in [2.75, 3.05) is 19.7 Å². The Morgan fingerprint density at radius 2 is 1.32 bits per heavy atom. The third-order valence-electron chi connectivity index (χ3n) is 4.01. The molecule has 0 radical (unpaired) electrons. The first kappa shape index (κ1) is 23.9. The lowest BCUT2D eigenvalue weighted by atomic mass is 10.1. The summed E-state index contributed by atoms with van der Waals surface area (Å²) in [6.07, 6.45) is 10.0. The molecule has 0 saturated carbocycles. The fraction of sp³-hybridized carbons (Fsp3) is 0.900. The molecular formula is C20H39NO4. The van der Waals surface area contributed by atoms with Crippen LogP contribution in [0, 0.1) is 0 Å². The predicted octanol–water partition coefficient (Wildman–Crippen LogP) is 4.07. The Kier molecular flexibility index (Phi) is 13.5. The number of hydrogen-bond donors (Lipinski definition) is 1. The van der Waals surface area contributed by atoms with Gasteiger partial charge in [0.2, 0.25) is 5.91 Å². The lowest BCUT2D eigenvalue weighted by Gasteiger charge is -2.22. The molecule has 25 heavy (non-hydrogen) atoms. The van der Waals surface area contributed by atoms with Gasteiger partial charge in [-0.25, -0.2) is 0 Å². The first-order valence-electron chi connectivity index (χ1n) is 9.84. The Morgan fingerprint density at radius 3 is 1.80 bits per heavy atom. The number of hydrogen-bond acceptors (Lipinski definition) is 4. The number of ether oxygens (including phenoxy) is 1. The molecule has 1 amide bonds. The van der Waals surface area contributed by atoms with E-state index < -0.39 is 5.60 Å². The van der Waals surface area contributed by atoms with E-state index in [1.165, 1.54) is 25.7 Å². The van der Waals surface area contributed by atoms with Crippen LogP contribution in [0.4, 0.5) is 0 Å². The third kappa shape index (κ3) is 16.1. The predicted molar refractivity (Wildman–Crippen MR) is 101 cm³/mol. The van der Waals surface area contributed by atoms with Gasteiger partial charge in [0.15, 0.2) is 0 Å². The Morgan fingerprint density at radius 1 is 0.840 bits per heavy atom. The van der Waals surface area contributed by atoms with Crippen molar-refractivity contribution in [3.8, 4) is 0 Å². The number of carbonyl (C=O) groups excluding carboxylic acids is 2. The first-order chi connectivity index (χ1) is 11.8. The Labute approximate surface area is 154 Å². The van der Waals surface area contributed by atoms with E-state index in [0.717, 1.165) is 32.2 Å². The molecule has 5 nitrogen and oxygen atoms in total. The first-order valence-corrected chi connectivity index (χ1v) is 9.84. The Balaban J connectivity index is 3.75. The second-order valence-corrected chi connectivity index (χ2v) is 7.75. The number of esters is 1. The number of aliphatic hydroxyl groups is 1. The maximum atomic E-state index is 11.7. The number of aliphatic hydroxyl groups excluding tert-OH is 1. The molecule has 0 rings (SSSR count). The summed E-state index contributed by atoms with van der Waals surface area (Å²) in [5.74, 6) is -0.120. The van der Waals surface area contributed by atoms with E-state index in [2.05, 4.69) is 0 Å². The summed E-state index contributed by atoms with van der Waals surface area (Å²) in [5.41, 5.74) is -0.449. The molecule has 0 fully saturated rings. The minimum Gasteiger partial charge on any atom is -0.460 e. The molecule has 0 aromatic rings. The molecule has 5 heteroatoms. The average molecular weight is 358 g/mol. The van der Waals surface area contributed by atoms with Crippen molar-refractivity contribution in [2.45, 2.75) is 97.5 Å². The highest BCUT2D eigenvalue weighted by atomic mass is 16.6. The largest absolute Gasteiger partial charge is 0.460 e. The van der Waals surface area contributed by atoms with E-state index in [1.54, 1.807) is 6.92 Å². The highest BCUT2D eigenvalue weighted by Gasteiger charge is 2.16. The fourth-order valence-electron chi connectivity index (χ4n) is 2.71. The van der Waals surface area contributed by atoms with Crippen LogP contribution >= 0.6 is 0 Å². The normalized spacial score (nSPS) is 11.4. The quantitative estimate of drug-likeness (QED) is 0.376. The number of carbonyl (C=O) groups is 2. The van der Waals surface area contributed by atoms with Crippen molar-refractivity contribution in [3.63, 3.8) is 0 Å². The van der Waals surface area contributed by atoms with Crippen LogP contribution in [0.2, 0.25) is 0 Å². The topological polar surface area (TPSA) is 66.8 Å². The van der Waals surface area contributed by atoms with E-state index >= 15 is 0 Å². The van der Waals surface area contributed by atoms with Gasteiger partial charge in [-0.05, 0) is 40.0 Å². The summed E-state index contributed by atoms with van der Waals surface area (Å²) in [6, 6.07) is 0. The summed E-state index contributed by atoms with van der Waals surface area (Å²) in [6.45, 7) is 8.87. The standard InChI is InChI=1S/C20H39NO4/c1-18(23)21(16-13-14-19(24)25-20(2,3)4)15-11-9-7-5-6-8-10-12-17-22/h22H,5-17H2,1-4H3. The molecule has 148 valence electrons. The van der Waals surface area contributed by atoms with Crippen molar-refractivity contribution in [1.29, 1.82) is 0 Å². The molecule has 0 unspecified atom stereocenters. The van der Waals surface area contributed by atoms with E-state index in [1.807, 2.05) is 25.7 Å². The van der Waals surface area contributed by atoms with Gasteiger partial charge in [0.05, 0.1) is 0 Å². The maximum Gasteiger partial charge on any atom is 0.306 e. The highest BCUT2D eigenvalue weighted by molar-refractivity contribution is 5.73. The average Bonchev–Trinajstić information content (AvgIpc) is 2.49. The molecule has 0 atom stereocenters. The van der Waals surface area contributed by atoms with Crippen LogP contribution in [0.3, 0.4) is 0 Å². The zero-order chi connectivity index (χ0) is 19.1. The summed E-state index contributed by atoms with van der Waals surface area (Å²) < 4.78 is 5.28.